The molecule has 2 heteroatoms. The van der Waals surface area contributed by atoms with Gasteiger partial charge in [-0.15, -0.1) is 0 Å². The van der Waals surface area contributed by atoms with Gasteiger partial charge in [0.05, 0.1) is 0 Å². The fourth-order valence-corrected chi connectivity index (χ4v) is 4.76. The molecule has 2 nitrogen and oxygen atoms in total. The van der Waals surface area contributed by atoms with Crippen LogP contribution in [0.25, 0.3) is 0 Å². The Kier molecular flexibility index (Phi) is 7.53. The molecule has 2 aliphatic rings. The van der Waals surface area contributed by atoms with E-state index in [1.165, 1.54) is 77.4 Å². The Balaban J connectivity index is 1.85. The number of hydrogen-bond acceptors (Lipinski definition) is 2. The van der Waals surface area contributed by atoms with Crippen LogP contribution in [0.2, 0.25) is 0 Å². The zero-order chi connectivity index (χ0) is 15.1. The number of nitrogens with one attached hydrogen (secondary N) is 1. The molecule has 1 saturated carbocycles. The minimum atomic E-state index is 0.767. The van der Waals surface area contributed by atoms with Crippen molar-refractivity contribution in [2.24, 2.45) is 17.8 Å². The van der Waals surface area contributed by atoms with Gasteiger partial charge in [-0.1, -0.05) is 33.1 Å². The van der Waals surface area contributed by atoms with Gasteiger partial charge in [0.1, 0.15) is 0 Å². The molecule has 1 N–H and O–H groups in total. The number of nitrogens with zero attached hydrogens (tertiary/aromatic N) is 1. The van der Waals surface area contributed by atoms with Crippen molar-refractivity contribution in [2.45, 2.75) is 77.7 Å². The van der Waals surface area contributed by atoms with Crippen LogP contribution >= 0.6 is 0 Å². The van der Waals surface area contributed by atoms with Crippen LogP contribution in [0, 0.1) is 17.8 Å². The molecule has 0 radical (unpaired) electrons. The maximum absolute atomic E-state index is 3.62. The van der Waals surface area contributed by atoms with Crippen LogP contribution < -0.4 is 5.32 Å². The van der Waals surface area contributed by atoms with Crippen LogP contribution in [0.1, 0.15) is 71.6 Å². The summed E-state index contributed by atoms with van der Waals surface area (Å²) >= 11 is 0. The first-order valence-corrected chi connectivity index (χ1v) is 9.66. The van der Waals surface area contributed by atoms with Crippen molar-refractivity contribution in [1.29, 1.82) is 0 Å². The molecule has 0 bridgehead atoms. The lowest BCUT2D eigenvalue weighted by Crippen LogP contribution is -2.45. The summed E-state index contributed by atoms with van der Waals surface area (Å²) in [5.74, 6) is 2.88. The van der Waals surface area contributed by atoms with E-state index in [0.29, 0.717) is 0 Å². The van der Waals surface area contributed by atoms with Gasteiger partial charge in [0.2, 0.25) is 0 Å². The van der Waals surface area contributed by atoms with Gasteiger partial charge in [0, 0.05) is 12.6 Å². The van der Waals surface area contributed by atoms with Crippen LogP contribution in [-0.2, 0) is 0 Å². The Labute approximate surface area is 133 Å². The Hall–Kier alpha value is -0.0800. The molecule has 0 aromatic carbocycles. The summed E-state index contributed by atoms with van der Waals surface area (Å²) < 4.78 is 0. The third-order valence-corrected chi connectivity index (χ3v) is 6.17. The zero-order valence-electron chi connectivity index (χ0n) is 14.7. The van der Waals surface area contributed by atoms with Crippen LogP contribution in [0.3, 0.4) is 0 Å². The van der Waals surface area contributed by atoms with Gasteiger partial charge in [0.25, 0.3) is 0 Å². The van der Waals surface area contributed by atoms with Crippen molar-refractivity contribution in [2.75, 3.05) is 26.7 Å². The van der Waals surface area contributed by atoms with E-state index < -0.39 is 0 Å². The molecule has 21 heavy (non-hydrogen) atoms. The van der Waals surface area contributed by atoms with E-state index in [0.717, 1.165) is 23.8 Å². The monoisotopic (exact) mass is 294 g/mol. The van der Waals surface area contributed by atoms with Gasteiger partial charge in [-0.3, -0.25) is 0 Å². The quantitative estimate of drug-likeness (QED) is 0.785. The summed E-state index contributed by atoms with van der Waals surface area (Å²) in [5.41, 5.74) is 0. The van der Waals surface area contributed by atoms with E-state index in [4.69, 9.17) is 0 Å². The Bertz CT molecular complexity index is 279. The van der Waals surface area contributed by atoms with E-state index >= 15 is 0 Å². The van der Waals surface area contributed by atoms with Gasteiger partial charge in [-0.05, 0) is 76.4 Å². The summed E-state index contributed by atoms with van der Waals surface area (Å²) in [6.45, 7) is 8.76. The molecule has 4 unspecified atom stereocenters. The standard InChI is InChI=1S/C19H38N2/c1-4-7-17-9-10-19(20-3)18(14-17)15-21-12-6-8-16(5-2)11-13-21/h16-20H,4-15H2,1-3H3. The predicted molar refractivity (Wildman–Crippen MR) is 92.7 cm³/mol. The minimum Gasteiger partial charge on any atom is -0.317 e. The van der Waals surface area contributed by atoms with Crippen molar-refractivity contribution in [3.05, 3.63) is 0 Å². The van der Waals surface area contributed by atoms with E-state index in [1.54, 1.807) is 0 Å². The first kappa shape index (κ1) is 17.3. The molecular weight excluding hydrogens is 256 g/mol. The molecule has 124 valence electrons. The zero-order valence-corrected chi connectivity index (χ0v) is 14.7. The molecule has 1 saturated heterocycles. The molecule has 0 aromatic heterocycles. The first-order chi connectivity index (χ1) is 10.3. The first-order valence-electron chi connectivity index (χ1n) is 9.66. The van der Waals surface area contributed by atoms with E-state index in [2.05, 4.69) is 31.1 Å². The van der Waals surface area contributed by atoms with Gasteiger partial charge in [-0.25, -0.2) is 0 Å². The Morgan fingerprint density at radius 3 is 2.57 bits per heavy atom. The lowest BCUT2D eigenvalue weighted by atomic mass is 9.76. The summed E-state index contributed by atoms with van der Waals surface area (Å²) in [7, 11) is 2.17. The second kappa shape index (κ2) is 9.15. The second-order valence-corrected chi connectivity index (χ2v) is 7.63. The molecule has 0 spiro atoms. The van der Waals surface area contributed by atoms with E-state index in [-0.39, 0.29) is 0 Å². The van der Waals surface area contributed by atoms with Crippen molar-refractivity contribution >= 4 is 0 Å². The normalized spacial score (nSPS) is 35.6. The molecule has 1 heterocycles. The predicted octanol–water partition coefficient (Wildman–Crippen LogP) is 4.30. The van der Waals surface area contributed by atoms with Gasteiger partial charge in [-0.2, -0.15) is 0 Å². The summed E-state index contributed by atoms with van der Waals surface area (Å²) in [4.78, 5) is 2.79. The molecule has 0 amide bonds. The summed E-state index contributed by atoms with van der Waals surface area (Å²) in [6, 6.07) is 0.767. The van der Waals surface area contributed by atoms with Crippen molar-refractivity contribution in [1.82, 2.24) is 10.2 Å². The highest BCUT2D eigenvalue weighted by molar-refractivity contribution is 4.86. The van der Waals surface area contributed by atoms with Gasteiger partial charge >= 0.3 is 0 Å². The third kappa shape index (κ3) is 5.25. The maximum atomic E-state index is 3.62. The Morgan fingerprint density at radius 2 is 1.86 bits per heavy atom. The SMILES string of the molecule is CCCC1CCC(NC)C(CN2CCCC(CC)CC2)C1. The highest BCUT2D eigenvalue weighted by Crippen LogP contribution is 2.33. The van der Waals surface area contributed by atoms with E-state index in [1.807, 2.05) is 0 Å². The highest BCUT2D eigenvalue weighted by Gasteiger charge is 2.30. The Morgan fingerprint density at radius 1 is 1.00 bits per heavy atom. The average Bonchev–Trinajstić information content (AvgIpc) is 2.73. The molecule has 1 aliphatic heterocycles. The van der Waals surface area contributed by atoms with Crippen LogP contribution in [-0.4, -0.2) is 37.6 Å². The number of hydrogen-bond donors (Lipinski definition) is 1. The fraction of sp³-hybridized carbons (Fsp3) is 1.00. The number of rotatable bonds is 6. The minimum absolute atomic E-state index is 0.767. The topological polar surface area (TPSA) is 15.3 Å². The van der Waals surface area contributed by atoms with E-state index in [9.17, 15) is 0 Å². The van der Waals surface area contributed by atoms with Crippen molar-refractivity contribution in [3.8, 4) is 0 Å². The third-order valence-electron chi connectivity index (χ3n) is 6.17. The maximum Gasteiger partial charge on any atom is 0.0105 e. The van der Waals surface area contributed by atoms with Crippen molar-refractivity contribution in [3.63, 3.8) is 0 Å². The molecule has 2 rings (SSSR count). The van der Waals surface area contributed by atoms with Crippen LogP contribution in [0.15, 0.2) is 0 Å². The largest absolute Gasteiger partial charge is 0.317 e. The van der Waals surface area contributed by atoms with Gasteiger partial charge < -0.3 is 10.2 Å². The second-order valence-electron chi connectivity index (χ2n) is 7.63. The van der Waals surface area contributed by atoms with Crippen molar-refractivity contribution < 1.29 is 0 Å². The molecular formula is C19H38N2. The average molecular weight is 295 g/mol. The summed E-state index contributed by atoms with van der Waals surface area (Å²) in [6.07, 6.45) is 12.8. The molecule has 1 aliphatic carbocycles. The smallest absolute Gasteiger partial charge is 0.0105 e. The lowest BCUT2D eigenvalue weighted by molar-refractivity contribution is 0.140. The molecule has 2 fully saturated rings. The fourth-order valence-electron chi connectivity index (χ4n) is 4.76. The van der Waals surface area contributed by atoms with Crippen LogP contribution in [0.5, 0.6) is 0 Å². The van der Waals surface area contributed by atoms with Gasteiger partial charge in [0.15, 0.2) is 0 Å². The highest BCUT2D eigenvalue weighted by atomic mass is 15.1. The van der Waals surface area contributed by atoms with Crippen LogP contribution in [0.4, 0.5) is 0 Å². The lowest BCUT2D eigenvalue weighted by Gasteiger charge is -2.39. The number of likely N-dealkylation sites (tertiary alicyclic amines) is 1. The summed E-state index contributed by atoms with van der Waals surface area (Å²) in [5, 5.41) is 3.62. The molecule has 0 aromatic rings. The molecule has 4 atom stereocenters.